The molecule has 1 fully saturated rings. The van der Waals surface area contributed by atoms with Crippen LogP contribution in [-0.2, 0) is 6.54 Å². The summed E-state index contributed by atoms with van der Waals surface area (Å²) in [6.07, 6.45) is 5.01. The first-order chi connectivity index (χ1) is 8.52. The number of likely N-dealkylation sites (tertiary alicyclic amines) is 1. The minimum atomic E-state index is -0.532. The Morgan fingerprint density at radius 1 is 1.39 bits per heavy atom. The molecule has 3 rings (SSSR count). The molecule has 1 saturated heterocycles. The zero-order valence-corrected chi connectivity index (χ0v) is 10.9. The van der Waals surface area contributed by atoms with Crippen LogP contribution < -0.4 is 0 Å². The summed E-state index contributed by atoms with van der Waals surface area (Å²) in [5.41, 5.74) is 2.76. The van der Waals surface area contributed by atoms with Crippen molar-refractivity contribution >= 4 is 5.65 Å². The average molecular weight is 245 g/mol. The van der Waals surface area contributed by atoms with Gasteiger partial charge in [0, 0.05) is 32.0 Å². The summed E-state index contributed by atoms with van der Waals surface area (Å²) in [7, 11) is 0. The van der Waals surface area contributed by atoms with E-state index in [2.05, 4.69) is 39.7 Å². The molecule has 0 bridgehead atoms. The number of β-amino-alcohol motifs (C(OH)–C–C–N with tert-alkyl or cyclic N) is 1. The summed E-state index contributed by atoms with van der Waals surface area (Å²) in [4.78, 5) is 6.86. The van der Waals surface area contributed by atoms with Gasteiger partial charge in [0.2, 0.25) is 0 Å². The fraction of sp³-hybridized carbons (Fsp3) is 0.500. The smallest absolute Gasteiger partial charge is 0.137 e. The molecule has 2 aromatic rings. The Morgan fingerprint density at radius 3 is 2.94 bits per heavy atom. The van der Waals surface area contributed by atoms with E-state index in [0.717, 1.165) is 37.4 Å². The number of aliphatic hydroxyl groups is 1. The monoisotopic (exact) mass is 245 g/mol. The second kappa shape index (κ2) is 4.07. The van der Waals surface area contributed by atoms with Crippen molar-refractivity contribution in [3.05, 3.63) is 35.8 Å². The standard InChI is InChI=1S/C14H19N3O/c1-11-3-4-13-15-12(9-17(13)7-11)8-16-6-5-14(2,18)10-16/h3-4,7,9,18H,5-6,8,10H2,1-2H3. The quantitative estimate of drug-likeness (QED) is 0.873. The van der Waals surface area contributed by atoms with Gasteiger partial charge in [0.1, 0.15) is 5.65 Å². The van der Waals surface area contributed by atoms with Gasteiger partial charge in [-0.2, -0.15) is 0 Å². The van der Waals surface area contributed by atoms with Crippen molar-refractivity contribution in [2.45, 2.75) is 32.4 Å². The van der Waals surface area contributed by atoms with Gasteiger partial charge >= 0.3 is 0 Å². The van der Waals surface area contributed by atoms with Crippen LogP contribution in [0.5, 0.6) is 0 Å². The van der Waals surface area contributed by atoms with Gasteiger partial charge in [-0.05, 0) is 31.9 Å². The first kappa shape index (κ1) is 11.7. The van der Waals surface area contributed by atoms with Crippen LogP contribution in [0, 0.1) is 6.92 Å². The fourth-order valence-corrected chi connectivity index (χ4v) is 2.63. The maximum Gasteiger partial charge on any atom is 0.137 e. The molecule has 1 unspecified atom stereocenters. The van der Waals surface area contributed by atoms with E-state index in [1.165, 1.54) is 5.56 Å². The first-order valence-electron chi connectivity index (χ1n) is 6.41. The number of pyridine rings is 1. The summed E-state index contributed by atoms with van der Waals surface area (Å²) < 4.78 is 2.07. The van der Waals surface area contributed by atoms with E-state index in [9.17, 15) is 5.11 Å². The van der Waals surface area contributed by atoms with Crippen LogP contribution in [0.15, 0.2) is 24.5 Å². The van der Waals surface area contributed by atoms with Crippen molar-refractivity contribution in [2.75, 3.05) is 13.1 Å². The molecule has 4 nitrogen and oxygen atoms in total. The molecule has 0 amide bonds. The highest BCUT2D eigenvalue weighted by molar-refractivity contribution is 5.41. The molecule has 0 aliphatic carbocycles. The summed E-state index contributed by atoms with van der Waals surface area (Å²) >= 11 is 0. The highest BCUT2D eigenvalue weighted by atomic mass is 16.3. The van der Waals surface area contributed by atoms with Gasteiger partial charge in [0.15, 0.2) is 0 Å². The highest BCUT2D eigenvalue weighted by Crippen LogP contribution is 2.21. The molecule has 2 aromatic heterocycles. The maximum atomic E-state index is 9.95. The highest BCUT2D eigenvalue weighted by Gasteiger charge is 2.31. The van der Waals surface area contributed by atoms with Gasteiger partial charge in [0.05, 0.1) is 11.3 Å². The SMILES string of the molecule is Cc1ccc2nc(CN3CCC(C)(O)C3)cn2c1. The molecule has 1 atom stereocenters. The lowest BCUT2D eigenvalue weighted by molar-refractivity contribution is 0.0678. The van der Waals surface area contributed by atoms with Crippen LogP contribution in [0.1, 0.15) is 24.6 Å². The van der Waals surface area contributed by atoms with Crippen molar-refractivity contribution < 1.29 is 5.11 Å². The fourth-order valence-electron chi connectivity index (χ4n) is 2.63. The molecule has 18 heavy (non-hydrogen) atoms. The third-order valence-electron chi connectivity index (χ3n) is 3.57. The predicted octanol–water partition coefficient (Wildman–Crippen LogP) is 1.60. The Kier molecular flexibility index (Phi) is 2.64. The van der Waals surface area contributed by atoms with Crippen molar-refractivity contribution in [1.29, 1.82) is 0 Å². The summed E-state index contributed by atoms with van der Waals surface area (Å²) in [6.45, 7) is 6.48. The number of hydrogen-bond acceptors (Lipinski definition) is 3. The van der Waals surface area contributed by atoms with Crippen LogP contribution in [0.2, 0.25) is 0 Å². The van der Waals surface area contributed by atoms with Gasteiger partial charge in [-0.15, -0.1) is 0 Å². The van der Waals surface area contributed by atoms with E-state index in [0.29, 0.717) is 0 Å². The van der Waals surface area contributed by atoms with Crippen LogP contribution in [0.25, 0.3) is 5.65 Å². The topological polar surface area (TPSA) is 40.8 Å². The Hall–Kier alpha value is -1.39. The number of hydrogen-bond donors (Lipinski definition) is 1. The normalized spacial score (nSPS) is 25.1. The van der Waals surface area contributed by atoms with E-state index in [-0.39, 0.29) is 0 Å². The average Bonchev–Trinajstić information content (AvgIpc) is 2.81. The molecule has 1 N–H and O–H groups in total. The van der Waals surface area contributed by atoms with Crippen LogP contribution in [0.4, 0.5) is 0 Å². The molecule has 4 heteroatoms. The van der Waals surface area contributed by atoms with Gasteiger partial charge < -0.3 is 9.51 Å². The maximum absolute atomic E-state index is 9.95. The van der Waals surface area contributed by atoms with Crippen molar-refractivity contribution in [2.24, 2.45) is 0 Å². The molecule has 0 saturated carbocycles. The molecule has 1 aliphatic heterocycles. The van der Waals surface area contributed by atoms with Gasteiger partial charge in [-0.25, -0.2) is 4.98 Å². The summed E-state index contributed by atoms with van der Waals surface area (Å²) in [6, 6.07) is 4.12. The van der Waals surface area contributed by atoms with Gasteiger partial charge in [-0.1, -0.05) is 6.07 Å². The van der Waals surface area contributed by atoms with Gasteiger partial charge in [0.25, 0.3) is 0 Å². The van der Waals surface area contributed by atoms with Crippen LogP contribution >= 0.6 is 0 Å². The molecule has 0 radical (unpaired) electrons. The Bertz CT molecular complexity index is 573. The lowest BCUT2D eigenvalue weighted by atomic mass is 10.1. The van der Waals surface area contributed by atoms with Crippen LogP contribution in [0.3, 0.4) is 0 Å². The summed E-state index contributed by atoms with van der Waals surface area (Å²) in [5.74, 6) is 0. The third kappa shape index (κ3) is 2.26. The molecular weight excluding hydrogens is 226 g/mol. The van der Waals surface area contributed by atoms with E-state index in [1.54, 1.807) is 0 Å². The van der Waals surface area contributed by atoms with E-state index >= 15 is 0 Å². The Labute approximate surface area is 107 Å². The lowest BCUT2D eigenvalue weighted by Gasteiger charge is -2.17. The van der Waals surface area contributed by atoms with Crippen molar-refractivity contribution in [1.82, 2.24) is 14.3 Å². The molecule has 0 spiro atoms. The second-order valence-electron chi connectivity index (χ2n) is 5.66. The van der Waals surface area contributed by atoms with Gasteiger partial charge in [-0.3, -0.25) is 4.90 Å². The number of aromatic nitrogens is 2. The minimum absolute atomic E-state index is 0.532. The molecular formula is C14H19N3O. The molecule has 3 heterocycles. The Morgan fingerprint density at radius 2 is 2.22 bits per heavy atom. The van der Waals surface area contributed by atoms with Crippen molar-refractivity contribution in [3.63, 3.8) is 0 Å². The molecule has 1 aliphatic rings. The van der Waals surface area contributed by atoms with E-state index in [1.807, 2.05) is 13.0 Å². The number of nitrogens with zero attached hydrogens (tertiary/aromatic N) is 3. The van der Waals surface area contributed by atoms with Crippen LogP contribution in [-0.4, -0.2) is 38.1 Å². The number of imidazole rings is 1. The predicted molar refractivity (Wildman–Crippen MR) is 70.4 cm³/mol. The van der Waals surface area contributed by atoms with Crippen molar-refractivity contribution in [3.8, 4) is 0 Å². The zero-order chi connectivity index (χ0) is 12.8. The number of rotatable bonds is 2. The molecule has 0 aromatic carbocycles. The Balaban J connectivity index is 1.79. The first-order valence-corrected chi connectivity index (χ1v) is 6.41. The largest absolute Gasteiger partial charge is 0.389 e. The number of aryl methyl sites for hydroxylation is 1. The number of fused-ring (bicyclic) bond motifs is 1. The van der Waals surface area contributed by atoms with E-state index in [4.69, 9.17) is 0 Å². The second-order valence-corrected chi connectivity index (χ2v) is 5.66. The zero-order valence-electron chi connectivity index (χ0n) is 10.9. The third-order valence-corrected chi connectivity index (χ3v) is 3.57. The summed E-state index contributed by atoms with van der Waals surface area (Å²) in [5, 5.41) is 9.95. The molecule has 96 valence electrons. The minimum Gasteiger partial charge on any atom is -0.389 e. The lowest BCUT2D eigenvalue weighted by Crippen LogP contribution is -2.29. The van der Waals surface area contributed by atoms with E-state index < -0.39 is 5.60 Å².